The van der Waals surface area contributed by atoms with E-state index in [9.17, 15) is 34.3 Å². The van der Waals surface area contributed by atoms with Crippen molar-refractivity contribution in [1.82, 2.24) is 4.90 Å². The quantitative estimate of drug-likeness (QED) is 0.264. The Morgan fingerprint density at radius 1 is 1.18 bits per heavy atom. The fourth-order valence-electron chi connectivity index (χ4n) is 7.16. The maximum atomic E-state index is 14.3. The van der Waals surface area contributed by atoms with E-state index in [1.165, 1.54) is 19.0 Å². The van der Waals surface area contributed by atoms with Crippen molar-refractivity contribution < 1.29 is 29.1 Å². The van der Waals surface area contributed by atoms with Gasteiger partial charge in [-0.25, -0.2) is 0 Å². The van der Waals surface area contributed by atoms with Crippen LogP contribution >= 0.6 is 0 Å². The Hall–Kier alpha value is -3.50. The molecule has 0 spiro atoms. The Balaban J connectivity index is 2.02. The van der Waals surface area contributed by atoms with E-state index in [0.717, 1.165) is 18.4 Å². The zero-order valence-electron chi connectivity index (χ0n) is 22.2. The standard InChI is InChI=1S/C27H34N6O6/c1-4-5-6-12-7-13(9-28)18(34)15-14(12)8-25(31)10-27(32)21(33(2)3)20(36)16(24(30)39)22(37)26(27,11-29)23(38)17(25)19(15)35/h7,16-17,21,34H,4-6,8-10,28,31-32H2,1-3H3,(H2,30,39)/t16?,17?,21-,25-,26+,27-/m1/s1. The van der Waals surface area contributed by atoms with Gasteiger partial charge in [-0.2, -0.15) is 5.26 Å². The minimum atomic E-state index is -2.76. The Labute approximate surface area is 225 Å². The van der Waals surface area contributed by atoms with E-state index in [2.05, 4.69) is 0 Å². The molecule has 4 rings (SSSR count). The monoisotopic (exact) mass is 538 g/mol. The molecule has 208 valence electrons. The molecule has 2 fully saturated rings. The Morgan fingerprint density at radius 2 is 1.82 bits per heavy atom. The van der Waals surface area contributed by atoms with E-state index >= 15 is 0 Å². The van der Waals surface area contributed by atoms with Crippen LogP contribution in [0.25, 0.3) is 0 Å². The SMILES string of the molecule is CCCCc1cc(CN)c(O)c2c1C[C@@]1(N)C[C@@]3(N)[C@H](N(C)C)C(=O)C(C(N)=O)C(=O)[C@@]3(C#N)C(=O)C1C2=O. The minimum absolute atomic E-state index is 0.0721. The number of hydrogen-bond acceptors (Lipinski definition) is 11. The van der Waals surface area contributed by atoms with Crippen LogP contribution in [-0.4, -0.2) is 70.3 Å². The number of Topliss-reactive ketones (excluding diaryl/α,β-unsaturated/α-hetero) is 4. The van der Waals surface area contributed by atoms with Gasteiger partial charge in [-0.15, -0.1) is 0 Å². The summed E-state index contributed by atoms with van der Waals surface area (Å²) < 4.78 is 0. The van der Waals surface area contributed by atoms with Crippen LogP contribution in [0.15, 0.2) is 6.07 Å². The van der Waals surface area contributed by atoms with Crippen molar-refractivity contribution in [2.24, 2.45) is 40.2 Å². The minimum Gasteiger partial charge on any atom is -0.507 e. The Bertz CT molecular complexity index is 1370. The molecule has 1 aromatic rings. The lowest BCUT2D eigenvalue weighted by atomic mass is 9.42. The number of carbonyl (C=O) groups is 5. The number of phenols is 1. The van der Waals surface area contributed by atoms with Crippen LogP contribution in [0.2, 0.25) is 0 Å². The summed E-state index contributed by atoms with van der Waals surface area (Å²) in [6.45, 7) is 1.93. The zero-order chi connectivity index (χ0) is 29.2. The average Bonchev–Trinajstić information content (AvgIpc) is 2.82. The summed E-state index contributed by atoms with van der Waals surface area (Å²) in [4.78, 5) is 69.2. The van der Waals surface area contributed by atoms with Crippen molar-refractivity contribution in [3.05, 3.63) is 28.3 Å². The molecule has 0 saturated heterocycles. The number of aryl methyl sites for hydroxylation is 1. The molecule has 1 aromatic carbocycles. The maximum absolute atomic E-state index is 14.3. The number of likely N-dealkylation sites (N-methyl/N-ethyl adjacent to an activating group) is 1. The third kappa shape index (κ3) is 3.54. The predicted octanol–water partition coefficient (Wildman–Crippen LogP) is -1.39. The molecule has 0 heterocycles. The van der Waals surface area contributed by atoms with Crippen molar-refractivity contribution in [1.29, 1.82) is 5.26 Å². The lowest BCUT2D eigenvalue weighted by Gasteiger charge is -2.60. The lowest BCUT2D eigenvalue weighted by Crippen LogP contribution is -2.85. The average molecular weight is 539 g/mol. The first-order chi connectivity index (χ1) is 18.2. The summed E-state index contributed by atoms with van der Waals surface area (Å²) in [6.07, 6.45) is 1.66. The summed E-state index contributed by atoms with van der Waals surface area (Å²) in [5.41, 5.74) is 19.7. The number of nitriles is 1. The van der Waals surface area contributed by atoms with Crippen LogP contribution in [0.3, 0.4) is 0 Å². The molecule has 1 amide bonds. The van der Waals surface area contributed by atoms with Crippen LogP contribution < -0.4 is 22.9 Å². The van der Waals surface area contributed by atoms with Crippen molar-refractivity contribution in [3.8, 4) is 11.8 Å². The van der Waals surface area contributed by atoms with Gasteiger partial charge in [-0.3, -0.25) is 28.9 Å². The van der Waals surface area contributed by atoms with Crippen molar-refractivity contribution >= 4 is 29.0 Å². The second-order valence-corrected chi connectivity index (χ2v) is 11.3. The van der Waals surface area contributed by atoms with E-state index in [-0.39, 0.29) is 24.3 Å². The smallest absolute Gasteiger partial charge is 0.235 e. The molecule has 12 nitrogen and oxygen atoms in total. The lowest BCUT2D eigenvalue weighted by molar-refractivity contribution is -0.166. The number of phenolic OH excluding ortho intramolecular Hbond substituents is 1. The van der Waals surface area contributed by atoms with E-state index in [1.54, 1.807) is 12.1 Å². The molecule has 0 aromatic heterocycles. The molecule has 3 aliphatic rings. The summed E-state index contributed by atoms with van der Waals surface area (Å²) in [5.74, 6) is -9.88. The maximum Gasteiger partial charge on any atom is 0.235 e. The summed E-state index contributed by atoms with van der Waals surface area (Å²) in [6, 6.07) is 1.98. The van der Waals surface area contributed by atoms with Crippen LogP contribution in [0.1, 0.15) is 53.2 Å². The van der Waals surface area contributed by atoms with Crippen molar-refractivity contribution in [2.45, 2.75) is 62.7 Å². The van der Waals surface area contributed by atoms with E-state index in [4.69, 9.17) is 22.9 Å². The largest absolute Gasteiger partial charge is 0.507 e. The fourth-order valence-corrected chi connectivity index (χ4v) is 7.16. The van der Waals surface area contributed by atoms with Crippen LogP contribution in [0.4, 0.5) is 0 Å². The number of fused-ring (bicyclic) bond motifs is 3. The van der Waals surface area contributed by atoms with E-state index in [1.807, 2.05) is 6.92 Å². The van der Waals surface area contributed by atoms with Gasteiger partial charge in [0.2, 0.25) is 5.91 Å². The normalized spacial score (nSPS) is 33.8. The van der Waals surface area contributed by atoms with Gasteiger partial charge in [0.1, 0.15) is 11.7 Å². The number of carbonyl (C=O) groups excluding carboxylic acids is 5. The molecule has 12 heteroatoms. The number of nitrogens with zero attached hydrogens (tertiary/aromatic N) is 2. The number of primary amides is 1. The molecular formula is C27H34N6O6. The molecule has 0 radical (unpaired) electrons. The van der Waals surface area contributed by atoms with Crippen LogP contribution in [0.5, 0.6) is 5.75 Å². The molecular weight excluding hydrogens is 504 g/mol. The summed E-state index contributed by atoms with van der Waals surface area (Å²) in [5, 5.41) is 21.4. The van der Waals surface area contributed by atoms with Crippen LogP contribution in [0, 0.1) is 28.6 Å². The number of hydrogen-bond donors (Lipinski definition) is 5. The first-order valence-corrected chi connectivity index (χ1v) is 12.9. The van der Waals surface area contributed by atoms with Gasteiger partial charge in [0.25, 0.3) is 0 Å². The summed E-state index contributed by atoms with van der Waals surface area (Å²) in [7, 11) is 2.92. The third-order valence-corrected chi connectivity index (χ3v) is 8.78. The fraction of sp³-hybridized carbons (Fsp3) is 0.556. The highest BCUT2D eigenvalue weighted by Crippen LogP contribution is 2.56. The highest BCUT2D eigenvalue weighted by Gasteiger charge is 2.78. The van der Waals surface area contributed by atoms with E-state index in [0.29, 0.717) is 17.5 Å². The molecule has 0 bridgehead atoms. The highest BCUT2D eigenvalue weighted by atomic mass is 16.3. The van der Waals surface area contributed by atoms with E-state index < -0.39 is 69.8 Å². The number of ketones is 4. The first-order valence-electron chi connectivity index (χ1n) is 12.9. The molecule has 3 aliphatic carbocycles. The van der Waals surface area contributed by atoms with Crippen LogP contribution in [-0.2, 0) is 38.6 Å². The first kappa shape index (κ1) is 28.5. The Kier molecular flexibility index (Phi) is 6.80. The van der Waals surface area contributed by atoms with Crippen molar-refractivity contribution in [3.63, 3.8) is 0 Å². The van der Waals surface area contributed by atoms with Gasteiger partial charge < -0.3 is 28.0 Å². The number of rotatable bonds is 6. The number of nitrogens with two attached hydrogens (primary N) is 4. The van der Waals surface area contributed by atoms with Gasteiger partial charge in [-0.05, 0) is 50.9 Å². The second-order valence-electron chi connectivity index (χ2n) is 11.3. The van der Waals surface area contributed by atoms with Gasteiger partial charge in [0.05, 0.1) is 23.2 Å². The number of unbranched alkanes of at least 4 members (excludes halogenated alkanes) is 1. The molecule has 2 saturated carbocycles. The number of aromatic hydroxyl groups is 1. The van der Waals surface area contributed by atoms with Gasteiger partial charge in [-0.1, -0.05) is 19.4 Å². The third-order valence-electron chi connectivity index (χ3n) is 8.78. The van der Waals surface area contributed by atoms with Crippen molar-refractivity contribution in [2.75, 3.05) is 14.1 Å². The molecule has 39 heavy (non-hydrogen) atoms. The summed E-state index contributed by atoms with van der Waals surface area (Å²) >= 11 is 0. The van der Waals surface area contributed by atoms with Gasteiger partial charge >= 0.3 is 0 Å². The molecule has 6 atom stereocenters. The molecule has 9 N–H and O–H groups in total. The van der Waals surface area contributed by atoms with Gasteiger partial charge in [0, 0.05) is 17.6 Å². The molecule has 0 aliphatic heterocycles. The molecule has 2 unspecified atom stereocenters. The predicted molar refractivity (Wildman–Crippen MR) is 138 cm³/mol. The topological polar surface area (TPSA) is 237 Å². The van der Waals surface area contributed by atoms with Gasteiger partial charge in [0.15, 0.2) is 34.5 Å². The number of benzene rings is 1. The highest BCUT2D eigenvalue weighted by molar-refractivity contribution is 6.33. The zero-order valence-corrected chi connectivity index (χ0v) is 22.2. The second kappa shape index (κ2) is 9.31. The Morgan fingerprint density at radius 3 is 2.33 bits per heavy atom. The number of amides is 1.